The predicted octanol–water partition coefficient (Wildman–Crippen LogP) is 4.41. The second kappa shape index (κ2) is 6.77. The summed E-state index contributed by atoms with van der Waals surface area (Å²) in [6, 6.07) is 13.5. The van der Waals surface area contributed by atoms with Gasteiger partial charge in [0.2, 0.25) is 0 Å². The van der Waals surface area contributed by atoms with Crippen molar-refractivity contribution in [2.45, 2.75) is 0 Å². The van der Waals surface area contributed by atoms with Gasteiger partial charge in [0, 0.05) is 11.6 Å². The third-order valence-corrected chi connectivity index (χ3v) is 4.19. The average molecular weight is 384 g/mol. The highest BCUT2D eigenvalue weighted by Gasteiger charge is 2.12. The number of imidazole rings is 1. The molecule has 0 aliphatic rings. The number of rotatable bonds is 4. The third kappa shape index (κ3) is 2.99. The molecule has 0 radical (unpaired) electrons. The van der Waals surface area contributed by atoms with Crippen molar-refractivity contribution in [3.8, 4) is 17.6 Å². The molecule has 3 aromatic rings. The Hall–Kier alpha value is -2.78. The van der Waals surface area contributed by atoms with E-state index in [9.17, 15) is 5.26 Å². The smallest absolute Gasteiger partial charge is 0.149 e. The number of nitrogens with zero attached hydrogens (tertiary/aromatic N) is 2. The molecule has 0 fully saturated rings. The van der Waals surface area contributed by atoms with E-state index in [4.69, 9.17) is 9.47 Å². The maximum Gasteiger partial charge on any atom is 0.149 e. The SMILES string of the molecule is COc1cc(OC)c(/C=C(\C#N)c2nc3ccccc3[nH]2)cc1Br. The van der Waals surface area contributed by atoms with Gasteiger partial charge in [-0.05, 0) is 40.2 Å². The minimum atomic E-state index is 0.418. The van der Waals surface area contributed by atoms with Crippen molar-refractivity contribution < 1.29 is 9.47 Å². The minimum Gasteiger partial charge on any atom is -0.496 e. The quantitative estimate of drug-likeness (QED) is 0.677. The van der Waals surface area contributed by atoms with E-state index in [0.717, 1.165) is 21.1 Å². The number of nitriles is 1. The molecule has 24 heavy (non-hydrogen) atoms. The number of para-hydroxylation sites is 2. The molecular weight excluding hydrogens is 370 g/mol. The van der Waals surface area contributed by atoms with Crippen molar-refractivity contribution in [3.05, 3.63) is 52.3 Å². The molecule has 0 amide bonds. The predicted molar refractivity (Wildman–Crippen MR) is 96.8 cm³/mol. The Balaban J connectivity index is 2.11. The van der Waals surface area contributed by atoms with Crippen LogP contribution in [0.4, 0.5) is 0 Å². The Morgan fingerprint density at radius 2 is 1.96 bits per heavy atom. The number of hydrogen-bond acceptors (Lipinski definition) is 4. The van der Waals surface area contributed by atoms with E-state index in [1.165, 1.54) is 0 Å². The summed E-state index contributed by atoms with van der Waals surface area (Å²) in [4.78, 5) is 7.63. The van der Waals surface area contributed by atoms with Crippen LogP contribution in [-0.4, -0.2) is 24.2 Å². The van der Waals surface area contributed by atoms with Crippen molar-refractivity contribution in [1.82, 2.24) is 9.97 Å². The number of fused-ring (bicyclic) bond motifs is 1. The fourth-order valence-corrected chi connectivity index (χ4v) is 2.91. The topological polar surface area (TPSA) is 70.9 Å². The van der Waals surface area contributed by atoms with Crippen LogP contribution in [0.5, 0.6) is 11.5 Å². The normalized spacial score (nSPS) is 11.3. The summed E-state index contributed by atoms with van der Waals surface area (Å²) in [5.74, 6) is 1.79. The first kappa shape index (κ1) is 16.1. The van der Waals surface area contributed by atoms with E-state index in [0.29, 0.717) is 22.9 Å². The van der Waals surface area contributed by atoms with Gasteiger partial charge in [-0.2, -0.15) is 5.26 Å². The lowest BCUT2D eigenvalue weighted by Gasteiger charge is -2.10. The van der Waals surface area contributed by atoms with Gasteiger partial charge in [-0.15, -0.1) is 0 Å². The monoisotopic (exact) mass is 383 g/mol. The Morgan fingerprint density at radius 3 is 2.62 bits per heavy atom. The standard InChI is InChI=1S/C18H14BrN3O2/c1-23-16-9-17(24-2)13(19)8-11(16)7-12(10-20)18-21-14-5-3-4-6-15(14)22-18/h3-9H,1-2H3,(H,21,22)/b12-7+. The zero-order valence-corrected chi connectivity index (χ0v) is 14.7. The number of ether oxygens (including phenoxy) is 2. The van der Waals surface area contributed by atoms with Gasteiger partial charge >= 0.3 is 0 Å². The van der Waals surface area contributed by atoms with E-state index in [2.05, 4.69) is 32.0 Å². The lowest BCUT2D eigenvalue weighted by atomic mass is 10.1. The maximum atomic E-state index is 9.54. The van der Waals surface area contributed by atoms with Crippen molar-refractivity contribution in [3.63, 3.8) is 0 Å². The number of benzene rings is 2. The maximum absolute atomic E-state index is 9.54. The average Bonchev–Trinajstić information content (AvgIpc) is 3.03. The highest BCUT2D eigenvalue weighted by atomic mass is 79.9. The lowest BCUT2D eigenvalue weighted by molar-refractivity contribution is 0.392. The number of nitrogens with one attached hydrogen (secondary N) is 1. The zero-order valence-electron chi connectivity index (χ0n) is 13.1. The number of allylic oxidation sites excluding steroid dienone is 1. The van der Waals surface area contributed by atoms with Crippen molar-refractivity contribution in [2.24, 2.45) is 0 Å². The molecule has 1 aromatic heterocycles. The molecule has 0 saturated carbocycles. The van der Waals surface area contributed by atoms with E-state index in [1.54, 1.807) is 26.4 Å². The highest BCUT2D eigenvalue weighted by molar-refractivity contribution is 9.10. The van der Waals surface area contributed by atoms with Crippen molar-refractivity contribution in [2.75, 3.05) is 14.2 Å². The van der Waals surface area contributed by atoms with Gasteiger partial charge in [-0.25, -0.2) is 4.98 Å². The van der Waals surface area contributed by atoms with Crippen molar-refractivity contribution in [1.29, 1.82) is 5.26 Å². The molecule has 1 heterocycles. The summed E-state index contributed by atoms with van der Waals surface area (Å²) in [6.45, 7) is 0. The lowest BCUT2D eigenvalue weighted by Crippen LogP contribution is -1.92. The van der Waals surface area contributed by atoms with Gasteiger partial charge in [-0.1, -0.05) is 12.1 Å². The number of hydrogen-bond donors (Lipinski definition) is 1. The Kier molecular flexibility index (Phi) is 4.54. The summed E-state index contributed by atoms with van der Waals surface area (Å²) >= 11 is 3.45. The molecule has 1 N–H and O–H groups in total. The second-order valence-corrected chi connectivity index (χ2v) is 5.86. The van der Waals surface area contributed by atoms with Gasteiger partial charge in [0.1, 0.15) is 23.4 Å². The van der Waals surface area contributed by atoms with Crippen LogP contribution in [0.15, 0.2) is 40.9 Å². The molecule has 6 heteroatoms. The molecule has 5 nitrogen and oxygen atoms in total. The van der Waals surface area contributed by atoms with Crippen LogP contribution in [0, 0.1) is 11.3 Å². The van der Waals surface area contributed by atoms with E-state index >= 15 is 0 Å². The van der Waals surface area contributed by atoms with E-state index in [-0.39, 0.29) is 0 Å². The zero-order chi connectivity index (χ0) is 17.1. The number of methoxy groups -OCH3 is 2. The van der Waals surface area contributed by atoms with Gasteiger partial charge in [0.05, 0.1) is 35.3 Å². The summed E-state index contributed by atoms with van der Waals surface area (Å²) < 4.78 is 11.4. The number of aromatic amines is 1. The molecule has 0 aliphatic carbocycles. The van der Waals surface area contributed by atoms with Crippen LogP contribution in [0.2, 0.25) is 0 Å². The molecule has 0 saturated heterocycles. The van der Waals surface area contributed by atoms with Gasteiger partial charge < -0.3 is 14.5 Å². The molecule has 0 spiro atoms. The minimum absolute atomic E-state index is 0.418. The first-order valence-electron chi connectivity index (χ1n) is 7.14. The van der Waals surface area contributed by atoms with Crippen molar-refractivity contribution >= 4 is 38.6 Å². The summed E-state index contributed by atoms with van der Waals surface area (Å²) in [7, 11) is 3.16. The van der Waals surface area contributed by atoms with Crippen LogP contribution in [0.3, 0.4) is 0 Å². The molecule has 120 valence electrons. The summed E-state index contributed by atoms with van der Waals surface area (Å²) in [5, 5.41) is 9.54. The van der Waals surface area contributed by atoms with Crippen LogP contribution in [-0.2, 0) is 0 Å². The molecule has 0 unspecified atom stereocenters. The van der Waals surface area contributed by atoms with E-state index < -0.39 is 0 Å². The first-order chi connectivity index (χ1) is 11.7. The van der Waals surface area contributed by atoms with Crippen LogP contribution < -0.4 is 9.47 Å². The fourth-order valence-electron chi connectivity index (χ4n) is 2.39. The molecular formula is C18H14BrN3O2. The van der Waals surface area contributed by atoms with Gasteiger partial charge in [0.15, 0.2) is 0 Å². The largest absolute Gasteiger partial charge is 0.496 e. The molecule has 2 aromatic carbocycles. The Labute approximate surface area is 147 Å². The number of aromatic nitrogens is 2. The van der Waals surface area contributed by atoms with E-state index in [1.807, 2.05) is 30.3 Å². The molecule has 3 rings (SSSR count). The Bertz CT molecular complexity index is 937. The molecule has 0 atom stereocenters. The van der Waals surface area contributed by atoms with Crippen LogP contribution in [0.1, 0.15) is 11.4 Å². The number of halogens is 1. The Morgan fingerprint density at radius 1 is 1.21 bits per heavy atom. The van der Waals surface area contributed by atoms with Crippen LogP contribution in [0.25, 0.3) is 22.7 Å². The van der Waals surface area contributed by atoms with Gasteiger partial charge in [-0.3, -0.25) is 0 Å². The first-order valence-corrected chi connectivity index (χ1v) is 7.94. The summed E-state index contributed by atoms with van der Waals surface area (Å²) in [5.41, 5.74) is 2.87. The van der Waals surface area contributed by atoms with Gasteiger partial charge in [0.25, 0.3) is 0 Å². The number of H-pyrrole nitrogens is 1. The van der Waals surface area contributed by atoms with Crippen LogP contribution >= 0.6 is 15.9 Å². The second-order valence-electron chi connectivity index (χ2n) is 5.00. The fraction of sp³-hybridized carbons (Fsp3) is 0.111. The third-order valence-electron chi connectivity index (χ3n) is 3.57. The summed E-state index contributed by atoms with van der Waals surface area (Å²) in [6.07, 6.45) is 1.74. The molecule has 0 bridgehead atoms. The molecule has 0 aliphatic heterocycles. The highest BCUT2D eigenvalue weighted by Crippen LogP contribution is 2.34.